The molecule has 7 nitrogen and oxygen atoms in total. The number of nitriles is 1. The van der Waals surface area contributed by atoms with Crippen LogP contribution in [0.1, 0.15) is 44.1 Å². The van der Waals surface area contributed by atoms with Gasteiger partial charge in [0.1, 0.15) is 23.1 Å². The van der Waals surface area contributed by atoms with Crippen LogP contribution in [0.4, 0.5) is 5.69 Å². The second-order valence-corrected chi connectivity index (χ2v) is 6.25. The maximum Gasteiger partial charge on any atom is 0.142 e. The van der Waals surface area contributed by atoms with Crippen LogP contribution in [0, 0.1) is 11.3 Å². The van der Waals surface area contributed by atoms with Crippen LogP contribution in [0.5, 0.6) is 0 Å². The van der Waals surface area contributed by atoms with E-state index < -0.39 is 5.60 Å². The SMILES string of the molecule is CC(C)n1cc(C2(O)CCCN(c3ccnc(C#N)c3)C2)nn1. The first-order valence-electron chi connectivity index (χ1n) is 7.77. The summed E-state index contributed by atoms with van der Waals surface area (Å²) in [5, 5.41) is 28.3. The number of hydrogen-bond acceptors (Lipinski definition) is 6. The Balaban J connectivity index is 1.85. The zero-order valence-electron chi connectivity index (χ0n) is 13.3. The monoisotopic (exact) mass is 312 g/mol. The van der Waals surface area contributed by atoms with E-state index in [1.807, 2.05) is 32.2 Å². The highest BCUT2D eigenvalue weighted by Gasteiger charge is 2.37. The Morgan fingerprint density at radius 1 is 1.43 bits per heavy atom. The molecule has 120 valence electrons. The minimum Gasteiger partial charge on any atom is -0.382 e. The van der Waals surface area contributed by atoms with Gasteiger partial charge in [0.05, 0.1) is 12.7 Å². The molecule has 23 heavy (non-hydrogen) atoms. The molecule has 1 saturated heterocycles. The van der Waals surface area contributed by atoms with E-state index in [2.05, 4.69) is 20.2 Å². The van der Waals surface area contributed by atoms with Gasteiger partial charge in [-0.25, -0.2) is 9.67 Å². The molecule has 0 aliphatic carbocycles. The Morgan fingerprint density at radius 3 is 2.96 bits per heavy atom. The van der Waals surface area contributed by atoms with Crippen molar-refractivity contribution in [2.75, 3.05) is 18.0 Å². The summed E-state index contributed by atoms with van der Waals surface area (Å²) in [6, 6.07) is 5.86. The molecule has 0 spiro atoms. The molecule has 0 aromatic carbocycles. The van der Waals surface area contributed by atoms with E-state index in [-0.39, 0.29) is 6.04 Å². The van der Waals surface area contributed by atoms with Gasteiger partial charge in [-0.2, -0.15) is 5.26 Å². The average Bonchev–Trinajstić information content (AvgIpc) is 3.06. The van der Waals surface area contributed by atoms with Crippen molar-refractivity contribution in [3.63, 3.8) is 0 Å². The van der Waals surface area contributed by atoms with Crippen molar-refractivity contribution in [3.8, 4) is 6.07 Å². The highest BCUT2D eigenvalue weighted by atomic mass is 16.3. The number of pyridine rings is 1. The smallest absolute Gasteiger partial charge is 0.142 e. The molecule has 0 radical (unpaired) electrons. The summed E-state index contributed by atoms with van der Waals surface area (Å²) >= 11 is 0. The van der Waals surface area contributed by atoms with E-state index in [9.17, 15) is 5.11 Å². The van der Waals surface area contributed by atoms with Crippen LogP contribution in [0.25, 0.3) is 0 Å². The van der Waals surface area contributed by atoms with Gasteiger partial charge < -0.3 is 10.0 Å². The number of piperidine rings is 1. The molecular formula is C16H20N6O. The van der Waals surface area contributed by atoms with Gasteiger partial charge in [-0.15, -0.1) is 5.10 Å². The van der Waals surface area contributed by atoms with Crippen molar-refractivity contribution in [3.05, 3.63) is 35.9 Å². The minimum absolute atomic E-state index is 0.206. The van der Waals surface area contributed by atoms with Crippen molar-refractivity contribution < 1.29 is 5.11 Å². The maximum atomic E-state index is 11.1. The molecular weight excluding hydrogens is 292 g/mol. The van der Waals surface area contributed by atoms with Crippen molar-refractivity contribution in [1.29, 1.82) is 5.26 Å². The number of nitrogens with zero attached hydrogens (tertiary/aromatic N) is 6. The number of rotatable bonds is 3. The highest BCUT2D eigenvalue weighted by Crippen LogP contribution is 2.32. The van der Waals surface area contributed by atoms with Crippen LogP contribution in [0.15, 0.2) is 24.5 Å². The summed E-state index contributed by atoms with van der Waals surface area (Å²) in [7, 11) is 0. The zero-order valence-corrected chi connectivity index (χ0v) is 13.3. The first kappa shape index (κ1) is 15.4. The van der Waals surface area contributed by atoms with Crippen LogP contribution in [-0.2, 0) is 5.60 Å². The lowest BCUT2D eigenvalue weighted by atomic mass is 9.89. The van der Waals surface area contributed by atoms with Gasteiger partial charge in [-0.1, -0.05) is 5.21 Å². The lowest BCUT2D eigenvalue weighted by Gasteiger charge is -2.39. The third kappa shape index (κ3) is 3.03. The first-order valence-corrected chi connectivity index (χ1v) is 7.77. The fourth-order valence-corrected chi connectivity index (χ4v) is 2.89. The van der Waals surface area contributed by atoms with Gasteiger partial charge in [0.15, 0.2) is 0 Å². The van der Waals surface area contributed by atoms with Crippen molar-refractivity contribution in [1.82, 2.24) is 20.0 Å². The van der Waals surface area contributed by atoms with Gasteiger partial charge in [-0.05, 0) is 38.8 Å². The van der Waals surface area contributed by atoms with Crippen molar-refractivity contribution >= 4 is 5.69 Å². The van der Waals surface area contributed by atoms with E-state index in [0.29, 0.717) is 24.4 Å². The molecule has 0 saturated carbocycles. The Hall–Kier alpha value is -2.46. The van der Waals surface area contributed by atoms with Crippen LogP contribution < -0.4 is 4.90 Å². The van der Waals surface area contributed by atoms with E-state index in [0.717, 1.165) is 18.7 Å². The molecule has 0 bridgehead atoms. The summed E-state index contributed by atoms with van der Waals surface area (Å²) in [4.78, 5) is 6.06. The third-order valence-corrected chi connectivity index (χ3v) is 4.21. The van der Waals surface area contributed by atoms with Gasteiger partial charge in [-0.3, -0.25) is 0 Å². The predicted molar refractivity (Wildman–Crippen MR) is 84.7 cm³/mol. The topological polar surface area (TPSA) is 90.9 Å². The van der Waals surface area contributed by atoms with E-state index in [1.165, 1.54) is 0 Å². The lowest BCUT2D eigenvalue weighted by Crippen LogP contribution is -2.46. The summed E-state index contributed by atoms with van der Waals surface area (Å²) in [6.45, 7) is 5.31. The predicted octanol–water partition coefficient (Wildman–Crippen LogP) is 1.61. The Labute approximate surface area is 135 Å². The molecule has 1 N–H and O–H groups in total. The Kier molecular flexibility index (Phi) is 4.01. The number of hydrogen-bond donors (Lipinski definition) is 1. The summed E-state index contributed by atoms with van der Waals surface area (Å²) < 4.78 is 1.76. The number of aliphatic hydroxyl groups is 1. The first-order chi connectivity index (χ1) is 11.0. The van der Waals surface area contributed by atoms with Crippen LogP contribution in [-0.4, -0.2) is 38.2 Å². The maximum absolute atomic E-state index is 11.1. The minimum atomic E-state index is -1.03. The fraction of sp³-hybridized carbons (Fsp3) is 0.500. The van der Waals surface area contributed by atoms with Gasteiger partial charge in [0.25, 0.3) is 0 Å². The Bertz CT molecular complexity index is 734. The molecule has 2 aromatic rings. The lowest BCUT2D eigenvalue weighted by molar-refractivity contribution is 0.0176. The fourth-order valence-electron chi connectivity index (χ4n) is 2.89. The quantitative estimate of drug-likeness (QED) is 0.926. The second kappa shape index (κ2) is 5.97. The second-order valence-electron chi connectivity index (χ2n) is 6.25. The normalized spacial score (nSPS) is 21.4. The van der Waals surface area contributed by atoms with Gasteiger partial charge in [0.2, 0.25) is 0 Å². The molecule has 0 amide bonds. The summed E-state index contributed by atoms with van der Waals surface area (Å²) in [6.07, 6.45) is 4.93. The van der Waals surface area contributed by atoms with Crippen molar-refractivity contribution in [2.45, 2.75) is 38.3 Å². The standard InChI is InChI=1S/C16H20N6O/c1-12(2)22-10-15(19-20-22)16(23)5-3-7-21(11-16)14-4-6-18-13(8-14)9-17/h4,6,8,10,12,23H,3,5,7,11H2,1-2H3. The average molecular weight is 312 g/mol. The number of anilines is 1. The molecule has 7 heteroatoms. The van der Waals surface area contributed by atoms with Crippen molar-refractivity contribution in [2.24, 2.45) is 0 Å². The van der Waals surface area contributed by atoms with Gasteiger partial charge in [0, 0.05) is 24.5 Å². The number of aromatic nitrogens is 4. The molecule has 1 unspecified atom stereocenters. The molecule has 1 fully saturated rings. The summed E-state index contributed by atoms with van der Waals surface area (Å²) in [5.41, 5.74) is 0.848. The summed E-state index contributed by atoms with van der Waals surface area (Å²) in [5.74, 6) is 0. The molecule has 2 aromatic heterocycles. The van der Waals surface area contributed by atoms with E-state index in [4.69, 9.17) is 5.26 Å². The molecule has 1 atom stereocenters. The van der Waals surface area contributed by atoms with Crippen LogP contribution in [0.2, 0.25) is 0 Å². The number of β-amino-alcohol motifs (C(OH)–C–C–N with tert-alkyl or cyclic N) is 1. The molecule has 3 heterocycles. The van der Waals surface area contributed by atoms with Gasteiger partial charge >= 0.3 is 0 Å². The van der Waals surface area contributed by atoms with E-state index in [1.54, 1.807) is 16.9 Å². The molecule has 1 aliphatic heterocycles. The molecule has 3 rings (SSSR count). The van der Waals surface area contributed by atoms with E-state index >= 15 is 0 Å². The Morgan fingerprint density at radius 2 is 2.26 bits per heavy atom. The van der Waals surface area contributed by atoms with Crippen LogP contribution >= 0.6 is 0 Å². The largest absolute Gasteiger partial charge is 0.382 e. The third-order valence-electron chi connectivity index (χ3n) is 4.21. The molecule has 1 aliphatic rings. The van der Waals surface area contributed by atoms with Crippen LogP contribution in [0.3, 0.4) is 0 Å². The highest BCUT2D eigenvalue weighted by molar-refractivity contribution is 5.49. The zero-order chi connectivity index (χ0) is 16.4.